The largest absolute Gasteiger partial charge is 0.348 e. The summed E-state index contributed by atoms with van der Waals surface area (Å²) in [7, 11) is 1.58. The zero-order chi connectivity index (χ0) is 19.8. The van der Waals surface area contributed by atoms with Gasteiger partial charge in [0.2, 0.25) is 17.7 Å². The van der Waals surface area contributed by atoms with Crippen molar-refractivity contribution in [1.29, 1.82) is 0 Å². The van der Waals surface area contributed by atoms with Gasteiger partial charge < -0.3 is 15.5 Å². The fourth-order valence-corrected chi connectivity index (χ4v) is 3.86. The molecule has 144 valence electrons. The zero-order valence-corrected chi connectivity index (χ0v) is 17.2. The topological polar surface area (TPSA) is 78.5 Å². The number of para-hydroxylation sites is 1. The quantitative estimate of drug-likeness (QED) is 0.662. The minimum Gasteiger partial charge on any atom is -0.348 e. The molecule has 0 radical (unpaired) electrons. The van der Waals surface area contributed by atoms with E-state index in [4.69, 9.17) is 0 Å². The molecule has 8 heteroatoms. The van der Waals surface area contributed by atoms with Crippen LogP contribution in [0.25, 0.3) is 0 Å². The van der Waals surface area contributed by atoms with Gasteiger partial charge in [-0.15, -0.1) is 23.1 Å². The van der Waals surface area contributed by atoms with Crippen molar-refractivity contribution in [3.63, 3.8) is 0 Å². The number of amides is 3. The number of thiophene rings is 1. The third kappa shape index (κ3) is 6.41. The highest BCUT2D eigenvalue weighted by molar-refractivity contribution is 7.98. The lowest BCUT2D eigenvalue weighted by Crippen LogP contribution is -2.37. The number of benzene rings is 1. The van der Waals surface area contributed by atoms with E-state index in [1.165, 1.54) is 23.2 Å². The second-order valence-electron chi connectivity index (χ2n) is 5.97. The van der Waals surface area contributed by atoms with Crippen LogP contribution >= 0.6 is 23.1 Å². The first-order valence-corrected chi connectivity index (χ1v) is 10.5. The number of hydrogen-bond donors (Lipinski definition) is 2. The monoisotopic (exact) mass is 405 g/mol. The maximum atomic E-state index is 12.5. The maximum absolute atomic E-state index is 12.5. The molecule has 1 atom stereocenters. The molecule has 0 fully saturated rings. The summed E-state index contributed by atoms with van der Waals surface area (Å²) in [6.45, 7) is 1.37. The van der Waals surface area contributed by atoms with Gasteiger partial charge in [0.1, 0.15) is 0 Å². The Labute approximate surface area is 167 Å². The molecule has 0 saturated heterocycles. The summed E-state index contributed by atoms with van der Waals surface area (Å²) in [5, 5.41) is 7.53. The van der Waals surface area contributed by atoms with Crippen molar-refractivity contribution in [3.05, 3.63) is 46.7 Å². The average molecular weight is 406 g/mol. The van der Waals surface area contributed by atoms with Crippen LogP contribution in [0.2, 0.25) is 0 Å². The van der Waals surface area contributed by atoms with Crippen molar-refractivity contribution in [1.82, 2.24) is 10.2 Å². The fourth-order valence-electron chi connectivity index (χ4n) is 2.53. The van der Waals surface area contributed by atoms with Crippen LogP contribution in [0.5, 0.6) is 0 Å². The predicted octanol–water partition coefficient (Wildman–Crippen LogP) is 3.13. The zero-order valence-electron chi connectivity index (χ0n) is 15.5. The Hall–Kier alpha value is -2.32. The summed E-state index contributed by atoms with van der Waals surface area (Å²) in [6.07, 6.45) is 2.04. The fraction of sp³-hybridized carbons (Fsp3) is 0.316. The van der Waals surface area contributed by atoms with E-state index in [2.05, 4.69) is 10.6 Å². The van der Waals surface area contributed by atoms with Crippen LogP contribution in [0, 0.1) is 0 Å². The molecule has 1 heterocycles. The van der Waals surface area contributed by atoms with Crippen LogP contribution in [0.15, 0.2) is 46.7 Å². The first-order valence-electron chi connectivity index (χ1n) is 8.38. The summed E-state index contributed by atoms with van der Waals surface area (Å²) >= 11 is 3.02. The third-order valence-electron chi connectivity index (χ3n) is 3.83. The van der Waals surface area contributed by atoms with Gasteiger partial charge in [0.15, 0.2) is 0 Å². The van der Waals surface area contributed by atoms with Crippen LogP contribution in [-0.4, -0.2) is 42.5 Å². The molecular formula is C19H23N3O3S2. The van der Waals surface area contributed by atoms with Gasteiger partial charge in [-0.05, 0) is 29.8 Å². The third-order valence-corrected chi connectivity index (χ3v) is 5.61. The number of likely N-dealkylation sites (N-methyl/N-ethyl adjacent to an activating group) is 1. The van der Waals surface area contributed by atoms with Crippen molar-refractivity contribution < 1.29 is 14.4 Å². The van der Waals surface area contributed by atoms with Gasteiger partial charge in [0, 0.05) is 23.7 Å². The molecule has 0 unspecified atom stereocenters. The summed E-state index contributed by atoms with van der Waals surface area (Å²) < 4.78 is 0. The molecule has 1 aromatic carbocycles. The van der Waals surface area contributed by atoms with Gasteiger partial charge in [-0.2, -0.15) is 0 Å². The van der Waals surface area contributed by atoms with Crippen LogP contribution in [0.4, 0.5) is 5.69 Å². The summed E-state index contributed by atoms with van der Waals surface area (Å²) in [5.74, 6) is -0.676. The number of rotatable bonds is 8. The molecule has 0 aliphatic rings. The average Bonchev–Trinajstić information content (AvgIpc) is 3.15. The molecular weight excluding hydrogens is 382 g/mol. The molecule has 0 aliphatic carbocycles. The van der Waals surface area contributed by atoms with Crippen molar-refractivity contribution in [2.24, 2.45) is 0 Å². The molecule has 0 saturated carbocycles. The van der Waals surface area contributed by atoms with E-state index in [0.717, 1.165) is 15.5 Å². The maximum Gasteiger partial charge on any atom is 0.244 e. The molecule has 6 nitrogen and oxygen atoms in total. The Balaban J connectivity index is 1.95. The molecule has 2 rings (SSSR count). The summed E-state index contributed by atoms with van der Waals surface area (Å²) in [5.41, 5.74) is 0.727. The Bertz CT molecular complexity index is 793. The number of hydrogen-bond acceptors (Lipinski definition) is 5. The number of nitrogens with zero attached hydrogens (tertiary/aromatic N) is 1. The van der Waals surface area contributed by atoms with Gasteiger partial charge in [0.05, 0.1) is 24.7 Å². The lowest BCUT2D eigenvalue weighted by molar-refractivity contribution is -0.134. The molecule has 0 aliphatic heterocycles. The molecule has 0 bridgehead atoms. The highest BCUT2D eigenvalue weighted by Crippen LogP contribution is 2.25. The summed E-state index contributed by atoms with van der Waals surface area (Å²) in [6, 6.07) is 10.9. The minimum absolute atomic E-state index is 0.0568. The molecule has 1 aromatic heterocycles. The van der Waals surface area contributed by atoms with Crippen molar-refractivity contribution in [3.8, 4) is 0 Å². The Morgan fingerprint density at radius 3 is 2.56 bits per heavy atom. The molecule has 2 aromatic rings. The second kappa shape index (κ2) is 10.1. The Kier molecular flexibility index (Phi) is 7.87. The van der Waals surface area contributed by atoms with Crippen LogP contribution in [0.3, 0.4) is 0 Å². The minimum atomic E-state index is -0.391. The van der Waals surface area contributed by atoms with E-state index in [0.29, 0.717) is 0 Å². The predicted molar refractivity (Wildman–Crippen MR) is 110 cm³/mol. The Morgan fingerprint density at radius 2 is 1.93 bits per heavy atom. The van der Waals surface area contributed by atoms with Gasteiger partial charge in [-0.1, -0.05) is 18.2 Å². The van der Waals surface area contributed by atoms with E-state index in [9.17, 15) is 14.4 Å². The van der Waals surface area contributed by atoms with Crippen LogP contribution in [-0.2, 0) is 14.4 Å². The molecule has 3 amide bonds. The van der Waals surface area contributed by atoms with E-state index in [1.807, 2.05) is 48.0 Å². The van der Waals surface area contributed by atoms with Gasteiger partial charge >= 0.3 is 0 Å². The van der Waals surface area contributed by atoms with Crippen molar-refractivity contribution in [2.45, 2.75) is 24.3 Å². The van der Waals surface area contributed by atoms with Crippen molar-refractivity contribution in [2.75, 3.05) is 25.2 Å². The van der Waals surface area contributed by atoms with Crippen LogP contribution in [0.1, 0.15) is 24.3 Å². The van der Waals surface area contributed by atoms with E-state index >= 15 is 0 Å². The number of carbonyl (C=O) groups is 3. The molecule has 0 spiro atoms. The smallest absolute Gasteiger partial charge is 0.244 e. The lowest BCUT2D eigenvalue weighted by atomic mass is 10.1. The van der Waals surface area contributed by atoms with E-state index in [-0.39, 0.29) is 30.7 Å². The van der Waals surface area contributed by atoms with Gasteiger partial charge in [-0.25, -0.2) is 0 Å². The van der Waals surface area contributed by atoms with E-state index in [1.54, 1.807) is 18.8 Å². The number of carbonyl (C=O) groups excluding carboxylic acids is 3. The van der Waals surface area contributed by atoms with Crippen molar-refractivity contribution >= 4 is 46.5 Å². The van der Waals surface area contributed by atoms with Gasteiger partial charge in [0.25, 0.3) is 0 Å². The molecule has 27 heavy (non-hydrogen) atoms. The first kappa shape index (κ1) is 21.0. The normalized spacial score (nSPS) is 11.5. The molecule has 2 N–H and O–H groups in total. The number of thioether (sulfide) groups is 1. The van der Waals surface area contributed by atoms with Gasteiger partial charge in [-0.3, -0.25) is 14.4 Å². The summed E-state index contributed by atoms with van der Waals surface area (Å²) in [4.78, 5) is 39.5. The van der Waals surface area contributed by atoms with E-state index < -0.39 is 6.04 Å². The second-order valence-corrected chi connectivity index (χ2v) is 7.80. The Morgan fingerprint density at radius 1 is 1.19 bits per heavy atom. The number of anilines is 1. The first-order chi connectivity index (χ1) is 12.9. The lowest BCUT2D eigenvalue weighted by Gasteiger charge is -2.21. The standard InChI is InChI=1S/C19H23N3O3S2/c1-13(23)20-15(17-9-6-10-27-17)11-19(25)22(2)12-18(24)21-14-7-4-5-8-16(14)26-3/h4-10,15H,11-12H2,1-3H3,(H,20,23)(H,21,24)/t15-/m0/s1. The highest BCUT2D eigenvalue weighted by Gasteiger charge is 2.21. The number of nitrogens with one attached hydrogen (secondary N) is 2. The SMILES string of the molecule is CSc1ccccc1NC(=O)CN(C)C(=O)C[C@H](NC(C)=O)c1cccs1. The highest BCUT2D eigenvalue weighted by atomic mass is 32.2. The van der Waals surface area contributed by atoms with Crippen LogP contribution < -0.4 is 10.6 Å².